The fourth-order valence-electron chi connectivity index (χ4n) is 2.14. The van der Waals surface area contributed by atoms with Gasteiger partial charge in [-0.2, -0.15) is 0 Å². The van der Waals surface area contributed by atoms with Crippen LogP contribution < -0.4 is 16.2 Å². The molecule has 0 aliphatic heterocycles. The van der Waals surface area contributed by atoms with Gasteiger partial charge >= 0.3 is 6.03 Å². The topological polar surface area (TPSA) is 83.4 Å². The van der Waals surface area contributed by atoms with Gasteiger partial charge in [-0.05, 0) is 24.6 Å². The van der Waals surface area contributed by atoms with E-state index < -0.39 is 29.3 Å². The molecule has 24 heavy (non-hydrogen) atoms. The second-order valence-electron chi connectivity index (χ2n) is 5.31. The van der Waals surface area contributed by atoms with Gasteiger partial charge in [0.05, 0.1) is 11.3 Å². The highest BCUT2D eigenvalue weighted by atomic mass is 19.1. The van der Waals surface area contributed by atoms with Crippen LogP contribution in [-0.2, 0) is 7.05 Å². The number of aromatic nitrogens is 1. The minimum absolute atomic E-state index is 0.219. The first-order valence-corrected chi connectivity index (χ1v) is 7.13. The van der Waals surface area contributed by atoms with Gasteiger partial charge in [0.1, 0.15) is 17.7 Å². The summed E-state index contributed by atoms with van der Waals surface area (Å²) < 4.78 is 28.4. The second-order valence-corrected chi connectivity index (χ2v) is 5.31. The van der Waals surface area contributed by atoms with Gasteiger partial charge in [-0.1, -0.05) is 6.07 Å². The Hall–Kier alpha value is -2.74. The largest absolute Gasteiger partial charge is 0.386 e. The molecule has 0 saturated heterocycles. The minimum Gasteiger partial charge on any atom is -0.386 e. The Kier molecular flexibility index (Phi) is 5.30. The number of anilines is 1. The van der Waals surface area contributed by atoms with Crippen LogP contribution in [0.1, 0.15) is 17.2 Å². The lowest BCUT2D eigenvalue weighted by Crippen LogP contribution is -2.33. The van der Waals surface area contributed by atoms with Crippen LogP contribution in [0.2, 0.25) is 0 Å². The molecule has 0 radical (unpaired) electrons. The normalized spacial score (nSPS) is 11.9. The predicted molar refractivity (Wildman–Crippen MR) is 84.8 cm³/mol. The number of aryl methyl sites for hydroxylation is 2. The molecule has 1 aromatic heterocycles. The van der Waals surface area contributed by atoms with Crippen molar-refractivity contribution in [1.29, 1.82) is 0 Å². The van der Waals surface area contributed by atoms with E-state index in [1.54, 1.807) is 6.92 Å². The zero-order chi connectivity index (χ0) is 17.9. The zero-order valence-electron chi connectivity index (χ0n) is 13.1. The minimum atomic E-state index is -1.53. The predicted octanol–water partition coefficient (Wildman–Crippen LogP) is 1.83. The molecule has 0 spiro atoms. The molecule has 2 rings (SSSR count). The lowest BCUT2D eigenvalue weighted by Gasteiger charge is -2.15. The summed E-state index contributed by atoms with van der Waals surface area (Å²) in [6, 6.07) is 3.92. The third-order valence-electron chi connectivity index (χ3n) is 3.47. The Morgan fingerprint density at radius 1 is 1.33 bits per heavy atom. The Balaban J connectivity index is 2.01. The lowest BCUT2D eigenvalue weighted by molar-refractivity contribution is 0.166. The molecule has 1 heterocycles. The van der Waals surface area contributed by atoms with Crippen molar-refractivity contribution in [2.45, 2.75) is 13.0 Å². The maximum absolute atomic E-state index is 13.5. The SMILES string of the molecule is Cc1cc(=O)n(C)cc1NC(=O)NCC(O)c1c(F)cccc1F. The maximum Gasteiger partial charge on any atom is 0.319 e. The van der Waals surface area contributed by atoms with Gasteiger partial charge < -0.3 is 20.3 Å². The molecule has 128 valence electrons. The first-order valence-electron chi connectivity index (χ1n) is 7.13. The number of nitrogens with zero attached hydrogens (tertiary/aromatic N) is 1. The van der Waals surface area contributed by atoms with Gasteiger partial charge in [-0.25, -0.2) is 13.6 Å². The summed E-state index contributed by atoms with van der Waals surface area (Å²) in [5.74, 6) is -1.78. The standard InChI is InChI=1S/C16H17F2N3O3/c1-9-6-14(23)21(2)8-12(9)20-16(24)19-7-13(22)15-10(17)4-3-5-11(15)18/h3-6,8,13,22H,7H2,1-2H3,(H2,19,20,24). The van der Waals surface area contributed by atoms with E-state index in [4.69, 9.17) is 0 Å². The number of rotatable bonds is 4. The summed E-state index contributed by atoms with van der Waals surface area (Å²) in [5.41, 5.74) is 0.245. The third kappa shape index (κ3) is 3.96. The Morgan fingerprint density at radius 3 is 2.58 bits per heavy atom. The number of pyridine rings is 1. The van der Waals surface area contributed by atoms with Gasteiger partial charge in [0.15, 0.2) is 0 Å². The Bertz CT molecular complexity index is 800. The fraction of sp³-hybridized carbons (Fsp3) is 0.250. The monoisotopic (exact) mass is 337 g/mol. The van der Waals surface area contributed by atoms with Gasteiger partial charge in [-0.3, -0.25) is 4.79 Å². The first-order chi connectivity index (χ1) is 11.3. The summed E-state index contributed by atoms with van der Waals surface area (Å²) >= 11 is 0. The summed E-state index contributed by atoms with van der Waals surface area (Å²) in [6.07, 6.45) is -0.0808. The highest BCUT2D eigenvalue weighted by Gasteiger charge is 2.18. The van der Waals surface area contributed by atoms with Crippen molar-refractivity contribution in [2.75, 3.05) is 11.9 Å². The molecule has 0 bridgehead atoms. The Labute approximate surface area is 136 Å². The molecule has 1 unspecified atom stereocenters. The molecule has 1 atom stereocenters. The van der Waals surface area contributed by atoms with Crippen LogP contribution in [0, 0.1) is 18.6 Å². The van der Waals surface area contributed by atoms with Crippen LogP contribution in [0.4, 0.5) is 19.3 Å². The number of benzene rings is 1. The highest BCUT2D eigenvalue weighted by Crippen LogP contribution is 2.20. The summed E-state index contributed by atoms with van der Waals surface area (Å²) in [5, 5.41) is 14.7. The lowest BCUT2D eigenvalue weighted by atomic mass is 10.1. The van der Waals surface area contributed by atoms with E-state index in [1.807, 2.05) is 0 Å². The first kappa shape index (κ1) is 17.6. The van der Waals surface area contributed by atoms with E-state index in [2.05, 4.69) is 10.6 Å². The van der Waals surface area contributed by atoms with Crippen molar-refractivity contribution in [3.05, 3.63) is 63.6 Å². The van der Waals surface area contributed by atoms with E-state index in [0.29, 0.717) is 11.3 Å². The molecule has 6 nitrogen and oxygen atoms in total. The van der Waals surface area contributed by atoms with Crippen LogP contribution in [0.5, 0.6) is 0 Å². The average molecular weight is 337 g/mol. The molecule has 3 N–H and O–H groups in total. The van der Waals surface area contributed by atoms with Crippen LogP contribution in [-0.4, -0.2) is 22.2 Å². The molecular formula is C16H17F2N3O3. The molecule has 2 aromatic rings. The van der Waals surface area contributed by atoms with Gasteiger partial charge in [0, 0.05) is 25.9 Å². The van der Waals surface area contributed by atoms with Crippen LogP contribution in [0.3, 0.4) is 0 Å². The number of amides is 2. The van der Waals surface area contributed by atoms with Crippen LogP contribution in [0.25, 0.3) is 0 Å². The summed E-state index contributed by atoms with van der Waals surface area (Å²) in [6.45, 7) is 1.27. The number of urea groups is 1. The van der Waals surface area contributed by atoms with Crippen LogP contribution >= 0.6 is 0 Å². The number of hydrogen-bond acceptors (Lipinski definition) is 3. The van der Waals surface area contributed by atoms with Crippen molar-refractivity contribution < 1.29 is 18.7 Å². The Morgan fingerprint density at radius 2 is 1.96 bits per heavy atom. The molecular weight excluding hydrogens is 320 g/mol. The zero-order valence-corrected chi connectivity index (χ0v) is 13.1. The number of aliphatic hydroxyl groups excluding tert-OH is 1. The highest BCUT2D eigenvalue weighted by molar-refractivity contribution is 5.89. The molecule has 0 aliphatic rings. The summed E-state index contributed by atoms with van der Waals surface area (Å²) in [7, 11) is 1.54. The van der Waals surface area contributed by atoms with Gasteiger partial charge in [-0.15, -0.1) is 0 Å². The molecule has 0 fully saturated rings. The van der Waals surface area contributed by atoms with Crippen molar-refractivity contribution >= 4 is 11.7 Å². The van der Waals surface area contributed by atoms with E-state index in [9.17, 15) is 23.5 Å². The summed E-state index contributed by atoms with van der Waals surface area (Å²) in [4.78, 5) is 23.3. The molecule has 2 amide bonds. The van der Waals surface area contributed by atoms with E-state index >= 15 is 0 Å². The van der Waals surface area contributed by atoms with E-state index in [0.717, 1.165) is 12.1 Å². The quantitative estimate of drug-likeness (QED) is 0.796. The number of nitrogens with one attached hydrogen (secondary N) is 2. The number of carbonyl (C=O) groups is 1. The molecule has 8 heteroatoms. The molecule has 1 aromatic carbocycles. The smallest absolute Gasteiger partial charge is 0.319 e. The molecule has 0 saturated carbocycles. The molecule has 0 aliphatic carbocycles. The van der Waals surface area contributed by atoms with Crippen molar-refractivity contribution in [3.63, 3.8) is 0 Å². The van der Waals surface area contributed by atoms with Gasteiger partial charge in [0.25, 0.3) is 5.56 Å². The van der Waals surface area contributed by atoms with Crippen LogP contribution in [0.15, 0.2) is 35.3 Å². The van der Waals surface area contributed by atoms with Crippen molar-refractivity contribution in [2.24, 2.45) is 7.05 Å². The third-order valence-corrected chi connectivity index (χ3v) is 3.47. The fourth-order valence-corrected chi connectivity index (χ4v) is 2.14. The number of aliphatic hydroxyl groups is 1. The van der Waals surface area contributed by atoms with Gasteiger partial charge in [0.2, 0.25) is 0 Å². The number of carbonyl (C=O) groups excluding carboxylic acids is 1. The van der Waals surface area contributed by atoms with E-state index in [1.165, 1.54) is 29.9 Å². The number of hydrogen-bond donors (Lipinski definition) is 3. The average Bonchev–Trinajstić information content (AvgIpc) is 2.50. The number of halogens is 2. The van der Waals surface area contributed by atoms with E-state index in [-0.39, 0.29) is 12.1 Å². The maximum atomic E-state index is 13.5. The van der Waals surface area contributed by atoms with Crippen molar-refractivity contribution in [1.82, 2.24) is 9.88 Å². The van der Waals surface area contributed by atoms with Crippen molar-refractivity contribution in [3.8, 4) is 0 Å². The second kappa shape index (κ2) is 7.22.